The van der Waals surface area contributed by atoms with Gasteiger partial charge in [-0.2, -0.15) is 0 Å². The van der Waals surface area contributed by atoms with Crippen LogP contribution in [-0.2, 0) is 9.47 Å². The lowest BCUT2D eigenvalue weighted by Gasteiger charge is -2.46. The molecule has 3 heteroatoms. The first-order valence-corrected chi connectivity index (χ1v) is 6.95. The van der Waals surface area contributed by atoms with E-state index in [0.29, 0.717) is 12.5 Å². The van der Waals surface area contributed by atoms with Crippen molar-refractivity contribution in [2.75, 3.05) is 13.2 Å². The third kappa shape index (κ3) is 4.87. The van der Waals surface area contributed by atoms with Crippen molar-refractivity contribution in [1.82, 2.24) is 0 Å². The van der Waals surface area contributed by atoms with Crippen LogP contribution in [-0.4, -0.2) is 36.1 Å². The van der Waals surface area contributed by atoms with Crippen molar-refractivity contribution in [1.29, 1.82) is 0 Å². The summed E-state index contributed by atoms with van der Waals surface area (Å²) in [6.45, 7) is 17.6. The summed E-state index contributed by atoms with van der Waals surface area (Å²) in [6, 6.07) is 0. The number of rotatable bonds is 7. The van der Waals surface area contributed by atoms with Crippen molar-refractivity contribution < 1.29 is 14.6 Å². The van der Waals surface area contributed by atoms with Crippen molar-refractivity contribution in [2.45, 2.75) is 73.2 Å². The molecule has 0 aliphatic rings. The molecule has 18 heavy (non-hydrogen) atoms. The van der Waals surface area contributed by atoms with Crippen molar-refractivity contribution in [2.24, 2.45) is 11.3 Å². The molecule has 0 spiro atoms. The molecule has 0 heterocycles. The molecule has 0 rings (SSSR count). The van der Waals surface area contributed by atoms with Crippen molar-refractivity contribution >= 4 is 0 Å². The Labute approximate surface area is 113 Å². The van der Waals surface area contributed by atoms with Crippen LogP contribution >= 0.6 is 0 Å². The van der Waals surface area contributed by atoms with E-state index in [0.717, 1.165) is 0 Å². The molecule has 0 radical (unpaired) electrons. The van der Waals surface area contributed by atoms with E-state index in [1.54, 1.807) is 0 Å². The van der Waals surface area contributed by atoms with Crippen LogP contribution in [0.4, 0.5) is 0 Å². The summed E-state index contributed by atoms with van der Waals surface area (Å²) in [5.41, 5.74) is -0.129. The molecule has 3 nitrogen and oxygen atoms in total. The van der Waals surface area contributed by atoms with Gasteiger partial charge in [0.2, 0.25) is 0 Å². The average Bonchev–Trinajstić information content (AvgIpc) is 2.23. The summed E-state index contributed by atoms with van der Waals surface area (Å²) in [6.07, 6.45) is -0.110. The highest BCUT2D eigenvalue weighted by molar-refractivity contribution is 4.91. The quantitative estimate of drug-likeness (QED) is 0.763. The number of aliphatic hydroxyl groups is 1. The molecule has 1 N–H and O–H groups in total. The second-order valence-corrected chi connectivity index (χ2v) is 6.77. The van der Waals surface area contributed by atoms with Gasteiger partial charge in [0, 0.05) is 0 Å². The van der Waals surface area contributed by atoms with Crippen LogP contribution < -0.4 is 0 Å². The van der Waals surface area contributed by atoms with E-state index >= 15 is 0 Å². The number of hydrogen-bond acceptors (Lipinski definition) is 3. The highest BCUT2D eigenvalue weighted by Gasteiger charge is 2.42. The maximum absolute atomic E-state index is 8.93. The Bertz CT molecular complexity index is 232. The topological polar surface area (TPSA) is 38.7 Å². The largest absolute Gasteiger partial charge is 0.394 e. The molecule has 0 saturated heterocycles. The Kier molecular flexibility index (Phi) is 6.83. The lowest BCUT2D eigenvalue weighted by Crippen LogP contribution is -2.49. The van der Waals surface area contributed by atoms with Crippen LogP contribution in [0.25, 0.3) is 0 Å². The van der Waals surface area contributed by atoms with Crippen LogP contribution in [0.3, 0.4) is 0 Å². The van der Waals surface area contributed by atoms with Crippen molar-refractivity contribution in [3.05, 3.63) is 0 Å². The lowest BCUT2D eigenvalue weighted by molar-refractivity contribution is -0.180. The fourth-order valence-corrected chi connectivity index (χ4v) is 1.98. The normalized spacial score (nSPS) is 19.7. The molecule has 0 aromatic heterocycles. The summed E-state index contributed by atoms with van der Waals surface area (Å²) in [7, 11) is 0. The first kappa shape index (κ1) is 17.9. The Morgan fingerprint density at radius 1 is 0.944 bits per heavy atom. The molecular weight excluding hydrogens is 228 g/mol. The molecule has 0 aliphatic heterocycles. The Morgan fingerprint density at radius 3 is 1.78 bits per heavy atom. The van der Waals surface area contributed by atoms with Gasteiger partial charge >= 0.3 is 0 Å². The fourth-order valence-electron chi connectivity index (χ4n) is 1.98. The van der Waals surface area contributed by atoms with Crippen LogP contribution in [0.15, 0.2) is 0 Å². The van der Waals surface area contributed by atoms with E-state index in [1.165, 1.54) is 0 Å². The summed E-state index contributed by atoms with van der Waals surface area (Å²) >= 11 is 0. The van der Waals surface area contributed by atoms with Gasteiger partial charge in [-0.15, -0.1) is 0 Å². The summed E-state index contributed by atoms with van der Waals surface area (Å²) in [4.78, 5) is 0. The van der Waals surface area contributed by atoms with Crippen LogP contribution in [0.1, 0.15) is 55.4 Å². The SMILES string of the molecule is CC(CO)OCC(C)OC(C)(C(C)C)C(C)(C)C. The third-order valence-corrected chi connectivity index (χ3v) is 3.91. The van der Waals surface area contributed by atoms with E-state index in [9.17, 15) is 0 Å². The van der Waals surface area contributed by atoms with E-state index in [2.05, 4.69) is 41.5 Å². The van der Waals surface area contributed by atoms with E-state index in [-0.39, 0.29) is 29.8 Å². The van der Waals surface area contributed by atoms with Crippen LogP contribution in [0.5, 0.6) is 0 Å². The molecule has 0 amide bonds. The molecule has 3 atom stereocenters. The van der Waals surface area contributed by atoms with Crippen LogP contribution in [0, 0.1) is 11.3 Å². The average molecular weight is 260 g/mol. The predicted molar refractivity (Wildman–Crippen MR) is 75.7 cm³/mol. The number of hydrogen-bond donors (Lipinski definition) is 1. The first-order chi connectivity index (χ1) is 8.04. The molecule has 3 unspecified atom stereocenters. The zero-order valence-electron chi connectivity index (χ0n) is 13.4. The zero-order valence-corrected chi connectivity index (χ0v) is 13.4. The standard InChI is InChI=1S/C15H32O3/c1-11(2)15(8,14(5,6)7)18-13(4)10-17-12(3)9-16/h11-13,16H,9-10H2,1-8H3. The van der Waals surface area contributed by atoms with Gasteiger partial charge in [0.05, 0.1) is 31.0 Å². The zero-order chi connectivity index (χ0) is 14.6. The van der Waals surface area contributed by atoms with Gasteiger partial charge in [-0.1, -0.05) is 34.6 Å². The molecule has 110 valence electrons. The number of aliphatic hydroxyl groups excluding tert-OH is 1. The summed E-state index contributed by atoms with van der Waals surface area (Å²) in [5, 5.41) is 8.93. The molecular formula is C15H32O3. The van der Waals surface area contributed by atoms with Crippen molar-refractivity contribution in [3.63, 3.8) is 0 Å². The summed E-state index contributed by atoms with van der Waals surface area (Å²) in [5.74, 6) is 0.426. The maximum atomic E-state index is 8.93. The van der Waals surface area contributed by atoms with Crippen molar-refractivity contribution in [3.8, 4) is 0 Å². The van der Waals surface area contributed by atoms with Crippen LogP contribution in [0.2, 0.25) is 0 Å². The predicted octanol–water partition coefficient (Wildman–Crippen LogP) is 3.25. The first-order valence-electron chi connectivity index (χ1n) is 6.95. The van der Waals surface area contributed by atoms with E-state index < -0.39 is 0 Å². The lowest BCUT2D eigenvalue weighted by atomic mass is 9.71. The molecule has 0 bridgehead atoms. The van der Waals surface area contributed by atoms with Gasteiger partial charge in [-0.25, -0.2) is 0 Å². The van der Waals surface area contributed by atoms with Gasteiger partial charge in [-0.05, 0) is 32.1 Å². The minimum absolute atomic E-state index is 0.0191. The van der Waals surface area contributed by atoms with Gasteiger partial charge in [0.25, 0.3) is 0 Å². The van der Waals surface area contributed by atoms with Gasteiger partial charge < -0.3 is 14.6 Å². The Hall–Kier alpha value is -0.120. The molecule has 0 aromatic carbocycles. The van der Waals surface area contributed by atoms with Gasteiger partial charge in [0.1, 0.15) is 0 Å². The highest BCUT2D eigenvalue weighted by Crippen LogP contribution is 2.40. The Balaban J connectivity index is 4.52. The minimum atomic E-state index is -0.196. The van der Waals surface area contributed by atoms with E-state index in [4.69, 9.17) is 14.6 Å². The molecule has 0 saturated carbocycles. The molecule has 0 aliphatic carbocycles. The fraction of sp³-hybridized carbons (Fsp3) is 1.00. The van der Waals surface area contributed by atoms with E-state index in [1.807, 2.05) is 13.8 Å². The third-order valence-electron chi connectivity index (χ3n) is 3.91. The second-order valence-electron chi connectivity index (χ2n) is 6.77. The Morgan fingerprint density at radius 2 is 1.44 bits per heavy atom. The molecule has 0 fully saturated rings. The minimum Gasteiger partial charge on any atom is -0.394 e. The number of ether oxygens (including phenoxy) is 2. The monoisotopic (exact) mass is 260 g/mol. The molecule has 0 aromatic rings. The van der Waals surface area contributed by atoms with Gasteiger partial charge in [0.15, 0.2) is 0 Å². The van der Waals surface area contributed by atoms with Gasteiger partial charge in [-0.3, -0.25) is 0 Å². The second kappa shape index (κ2) is 6.88. The summed E-state index contributed by atoms with van der Waals surface area (Å²) < 4.78 is 11.8. The highest BCUT2D eigenvalue weighted by atomic mass is 16.6. The maximum Gasteiger partial charge on any atom is 0.0788 e. The smallest absolute Gasteiger partial charge is 0.0788 e.